The molecule has 0 atom stereocenters. The molecule has 2 fully saturated rings. The van der Waals surface area contributed by atoms with Gasteiger partial charge in [0.25, 0.3) is 0 Å². The molecule has 0 radical (unpaired) electrons. The molecule has 0 amide bonds. The second-order valence-corrected chi connectivity index (χ2v) is 5.85. The van der Waals surface area contributed by atoms with Gasteiger partial charge in [0, 0.05) is 19.1 Å². The van der Waals surface area contributed by atoms with E-state index in [1.54, 1.807) is 7.11 Å². The van der Waals surface area contributed by atoms with Crippen LogP contribution in [-0.2, 0) is 10.3 Å². The predicted octanol–water partition coefficient (Wildman–Crippen LogP) is 2.34. The first-order chi connectivity index (χ1) is 9.27. The summed E-state index contributed by atoms with van der Waals surface area (Å²) >= 11 is 0. The van der Waals surface area contributed by atoms with Crippen molar-refractivity contribution in [3.63, 3.8) is 0 Å². The van der Waals surface area contributed by atoms with E-state index < -0.39 is 0 Å². The number of aromatic nitrogens is 2. The number of hydrogen-bond donors (Lipinski definition) is 1. The van der Waals surface area contributed by atoms with E-state index >= 15 is 0 Å². The second kappa shape index (κ2) is 5.21. The molecule has 5 nitrogen and oxygen atoms in total. The summed E-state index contributed by atoms with van der Waals surface area (Å²) in [5, 5.41) is 7.51. The Morgan fingerprint density at radius 3 is 2.53 bits per heavy atom. The van der Waals surface area contributed by atoms with Crippen molar-refractivity contribution in [1.82, 2.24) is 15.5 Å². The van der Waals surface area contributed by atoms with Crippen molar-refractivity contribution in [2.24, 2.45) is 0 Å². The van der Waals surface area contributed by atoms with Crippen molar-refractivity contribution >= 4 is 0 Å². The molecule has 2 saturated carbocycles. The average molecular weight is 265 g/mol. The maximum absolute atomic E-state index is 5.60. The third-order valence-electron chi connectivity index (χ3n) is 4.89. The summed E-state index contributed by atoms with van der Waals surface area (Å²) in [4.78, 5) is 4.63. The maximum Gasteiger partial charge on any atom is 0.229 e. The van der Waals surface area contributed by atoms with Gasteiger partial charge in [-0.1, -0.05) is 5.16 Å². The molecule has 0 saturated heterocycles. The summed E-state index contributed by atoms with van der Waals surface area (Å²) in [5.74, 6) is 2.00. The molecule has 1 N–H and O–H groups in total. The van der Waals surface area contributed by atoms with Crippen molar-refractivity contribution < 1.29 is 9.26 Å². The molecule has 106 valence electrons. The molecular formula is C14H23N3O2. The molecule has 5 heteroatoms. The normalized spacial score (nSPS) is 30.0. The lowest BCUT2D eigenvalue weighted by Gasteiger charge is -2.37. The van der Waals surface area contributed by atoms with Gasteiger partial charge in [-0.05, 0) is 52.0 Å². The largest absolute Gasteiger partial charge is 0.370 e. The first-order valence-corrected chi connectivity index (χ1v) is 7.34. The number of ether oxygens (including phenoxy) is 1. The standard InChI is InChI=1S/C14H23N3O2/c1-15-11-6-4-10(5-7-11)12-16-13(17-19-12)14(18-2)8-3-9-14/h10-11,15H,3-9H2,1-2H3. The zero-order valence-electron chi connectivity index (χ0n) is 11.8. The van der Waals surface area contributed by atoms with Crippen LogP contribution in [-0.4, -0.2) is 30.3 Å². The Bertz CT molecular complexity index is 415. The summed E-state index contributed by atoms with van der Waals surface area (Å²) in [7, 11) is 3.78. The van der Waals surface area contributed by atoms with Crippen molar-refractivity contribution in [3.05, 3.63) is 11.7 Å². The lowest BCUT2D eigenvalue weighted by molar-refractivity contribution is -0.0858. The molecule has 0 unspecified atom stereocenters. The van der Waals surface area contributed by atoms with Crippen LogP contribution in [0.1, 0.15) is 62.6 Å². The highest BCUT2D eigenvalue weighted by atomic mass is 16.5. The van der Waals surface area contributed by atoms with Crippen LogP contribution in [0.2, 0.25) is 0 Å². The highest BCUT2D eigenvalue weighted by molar-refractivity contribution is 5.08. The minimum atomic E-state index is -0.260. The molecule has 2 aliphatic rings. The second-order valence-electron chi connectivity index (χ2n) is 5.85. The molecule has 2 aliphatic carbocycles. The van der Waals surface area contributed by atoms with Gasteiger partial charge in [0.05, 0.1) is 0 Å². The fraction of sp³-hybridized carbons (Fsp3) is 0.857. The molecule has 0 bridgehead atoms. The number of nitrogens with zero attached hydrogens (tertiary/aromatic N) is 2. The molecule has 1 heterocycles. The van der Waals surface area contributed by atoms with E-state index in [-0.39, 0.29) is 5.60 Å². The molecule has 0 aliphatic heterocycles. The van der Waals surface area contributed by atoms with Gasteiger partial charge >= 0.3 is 0 Å². The molecule has 1 aromatic rings. The number of rotatable bonds is 4. The van der Waals surface area contributed by atoms with Crippen molar-refractivity contribution in [2.45, 2.75) is 62.5 Å². The Labute approximate surface area is 114 Å². The Balaban J connectivity index is 1.68. The van der Waals surface area contributed by atoms with Gasteiger partial charge in [0.2, 0.25) is 11.7 Å². The highest BCUT2D eigenvalue weighted by Crippen LogP contribution is 2.43. The summed E-state index contributed by atoms with van der Waals surface area (Å²) in [6, 6.07) is 0.649. The monoisotopic (exact) mass is 265 g/mol. The van der Waals surface area contributed by atoms with E-state index in [1.165, 1.54) is 19.3 Å². The van der Waals surface area contributed by atoms with Crippen LogP contribution in [0, 0.1) is 0 Å². The van der Waals surface area contributed by atoms with Gasteiger partial charge in [-0.3, -0.25) is 0 Å². The fourth-order valence-corrected chi connectivity index (χ4v) is 3.23. The Morgan fingerprint density at radius 1 is 1.26 bits per heavy atom. The quantitative estimate of drug-likeness (QED) is 0.905. The number of methoxy groups -OCH3 is 1. The lowest BCUT2D eigenvalue weighted by Crippen LogP contribution is -2.37. The van der Waals surface area contributed by atoms with Gasteiger partial charge in [-0.15, -0.1) is 0 Å². The molecule has 3 rings (SSSR count). The number of nitrogens with one attached hydrogen (secondary N) is 1. The van der Waals surface area contributed by atoms with E-state index in [2.05, 4.69) is 15.5 Å². The van der Waals surface area contributed by atoms with Gasteiger partial charge in [-0.2, -0.15) is 4.98 Å². The third kappa shape index (κ3) is 2.30. The van der Waals surface area contributed by atoms with E-state index in [0.29, 0.717) is 12.0 Å². The van der Waals surface area contributed by atoms with Crippen LogP contribution in [0.3, 0.4) is 0 Å². The minimum absolute atomic E-state index is 0.260. The van der Waals surface area contributed by atoms with Crippen molar-refractivity contribution in [3.8, 4) is 0 Å². The number of hydrogen-bond acceptors (Lipinski definition) is 5. The smallest absolute Gasteiger partial charge is 0.229 e. The zero-order valence-corrected chi connectivity index (χ0v) is 11.8. The van der Waals surface area contributed by atoms with Crippen LogP contribution >= 0.6 is 0 Å². The SMILES string of the molecule is CNC1CCC(c2nc(C3(OC)CCC3)no2)CC1. The first-order valence-electron chi connectivity index (χ1n) is 7.34. The van der Waals surface area contributed by atoms with Crippen LogP contribution in [0.4, 0.5) is 0 Å². The summed E-state index contributed by atoms with van der Waals surface area (Å²) < 4.78 is 11.1. The molecule has 19 heavy (non-hydrogen) atoms. The average Bonchev–Trinajstić information content (AvgIpc) is 2.88. The Morgan fingerprint density at radius 2 is 2.00 bits per heavy atom. The molecule has 1 aromatic heterocycles. The Kier molecular flexibility index (Phi) is 3.58. The topological polar surface area (TPSA) is 60.2 Å². The van der Waals surface area contributed by atoms with Crippen LogP contribution < -0.4 is 5.32 Å². The first kappa shape index (κ1) is 13.1. The molecule has 0 spiro atoms. The predicted molar refractivity (Wildman–Crippen MR) is 70.9 cm³/mol. The van der Waals surface area contributed by atoms with Crippen molar-refractivity contribution in [1.29, 1.82) is 0 Å². The van der Waals surface area contributed by atoms with E-state index in [9.17, 15) is 0 Å². The van der Waals surface area contributed by atoms with E-state index in [4.69, 9.17) is 9.26 Å². The molecule has 0 aromatic carbocycles. The van der Waals surface area contributed by atoms with E-state index in [0.717, 1.165) is 37.4 Å². The fourth-order valence-electron chi connectivity index (χ4n) is 3.23. The molecular weight excluding hydrogens is 242 g/mol. The van der Waals surface area contributed by atoms with Gasteiger partial charge in [-0.25, -0.2) is 0 Å². The summed E-state index contributed by atoms with van der Waals surface area (Å²) in [6.45, 7) is 0. The van der Waals surface area contributed by atoms with Crippen LogP contribution in [0.5, 0.6) is 0 Å². The van der Waals surface area contributed by atoms with Crippen molar-refractivity contribution in [2.75, 3.05) is 14.2 Å². The van der Waals surface area contributed by atoms with Crippen LogP contribution in [0.25, 0.3) is 0 Å². The van der Waals surface area contributed by atoms with Gasteiger partial charge in [0.1, 0.15) is 5.60 Å². The minimum Gasteiger partial charge on any atom is -0.370 e. The van der Waals surface area contributed by atoms with Crippen LogP contribution in [0.15, 0.2) is 4.52 Å². The third-order valence-corrected chi connectivity index (χ3v) is 4.89. The van der Waals surface area contributed by atoms with E-state index in [1.807, 2.05) is 7.05 Å². The van der Waals surface area contributed by atoms with Gasteiger partial charge in [0.15, 0.2) is 0 Å². The maximum atomic E-state index is 5.60. The zero-order chi connectivity index (χ0) is 13.3. The highest BCUT2D eigenvalue weighted by Gasteiger charge is 2.43. The van der Waals surface area contributed by atoms with Gasteiger partial charge < -0.3 is 14.6 Å². The summed E-state index contributed by atoms with van der Waals surface area (Å²) in [5.41, 5.74) is -0.260. The Hall–Kier alpha value is -0.940. The lowest BCUT2D eigenvalue weighted by atomic mass is 9.79. The summed E-state index contributed by atoms with van der Waals surface area (Å²) in [6.07, 6.45) is 7.85.